The molecular weight excluding hydrogens is 299 g/mol. The van der Waals surface area contributed by atoms with Crippen LogP contribution in [0.25, 0.3) is 0 Å². The van der Waals surface area contributed by atoms with Crippen LogP contribution in [-0.2, 0) is 12.7 Å². The van der Waals surface area contributed by atoms with E-state index in [1.807, 2.05) is 13.8 Å². The molecule has 7 heteroatoms. The van der Waals surface area contributed by atoms with Crippen molar-refractivity contribution in [2.24, 2.45) is 0 Å². The summed E-state index contributed by atoms with van der Waals surface area (Å²) >= 11 is 1.50. The van der Waals surface area contributed by atoms with E-state index in [1.54, 1.807) is 6.07 Å². The first-order valence-corrected chi connectivity index (χ1v) is 6.91. The monoisotopic (exact) mass is 311 g/mol. The number of hydrogen-bond acceptors (Lipinski definition) is 4. The fourth-order valence-corrected chi connectivity index (χ4v) is 2.75. The Morgan fingerprint density at radius 3 is 2.57 bits per heavy atom. The van der Waals surface area contributed by atoms with E-state index < -0.39 is 11.7 Å². The summed E-state index contributed by atoms with van der Waals surface area (Å²) in [5.74, 6) is 0. The van der Waals surface area contributed by atoms with Crippen LogP contribution in [0.1, 0.15) is 26.7 Å². The lowest BCUT2D eigenvalue weighted by Crippen LogP contribution is -2.11. The molecule has 0 aliphatic rings. The molecule has 0 saturated carbocycles. The van der Waals surface area contributed by atoms with Gasteiger partial charge in [-0.25, -0.2) is 4.98 Å². The van der Waals surface area contributed by atoms with Crippen LogP contribution >= 0.6 is 11.3 Å². The predicted octanol–water partition coefficient (Wildman–Crippen LogP) is 4.26. The second kappa shape index (κ2) is 5.74. The summed E-state index contributed by atoms with van der Waals surface area (Å²) in [6.45, 7) is 3.94. The normalized spacial score (nSPS) is 11.2. The van der Waals surface area contributed by atoms with Crippen LogP contribution in [0.3, 0.4) is 0 Å². The standard InChI is InChI=1S/C14H12F3N3S/c1-8-13(20-9(2)21-8)7-19-12-4-3-10(6-18)5-11(12)14(15,16)17/h3-5,19H,7H2,1-2H3. The smallest absolute Gasteiger partial charge is 0.379 e. The van der Waals surface area contributed by atoms with E-state index in [1.165, 1.54) is 23.5 Å². The molecule has 0 bridgehead atoms. The van der Waals surface area contributed by atoms with E-state index in [0.29, 0.717) is 0 Å². The molecular formula is C14H12F3N3S. The number of halogens is 3. The molecule has 1 N–H and O–H groups in total. The van der Waals surface area contributed by atoms with Crippen molar-refractivity contribution in [3.05, 3.63) is 44.9 Å². The highest BCUT2D eigenvalue weighted by molar-refractivity contribution is 7.11. The third kappa shape index (κ3) is 3.52. The number of rotatable bonds is 3. The fraction of sp³-hybridized carbons (Fsp3) is 0.286. The second-order valence-electron chi connectivity index (χ2n) is 4.46. The van der Waals surface area contributed by atoms with E-state index in [0.717, 1.165) is 21.6 Å². The van der Waals surface area contributed by atoms with Crippen molar-refractivity contribution in [1.29, 1.82) is 5.26 Å². The molecule has 21 heavy (non-hydrogen) atoms. The van der Waals surface area contributed by atoms with Crippen molar-refractivity contribution >= 4 is 17.0 Å². The minimum atomic E-state index is -4.51. The van der Waals surface area contributed by atoms with Crippen LogP contribution in [0.15, 0.2) is 18.2 Å². The van der Waals surface area contributed by atoms with Crippen LogP contribution in [0.5, 0.6) is 0 Å². The Morgan fingerprint density at radius 1 is 1.33 bits per heavy atom. The molecule has 0 aliphatic carbocycles. The zero-order valence-electron chi connectivity index (χ0n) is 11.4. The Kier molecular flexibility index (Phi) is 4.19. The summed E-state index contributed by atoms with van der Waals surface area (Å²) in [5, 5.41) is 12.4. The van der Waals surface area contributed by atoms with Gasteiger partial charge in [-0.15, -0.1) is 11.3 Å². The van der Waals surface area contributed by atoms with Crippen LogP contribution in [-0.4, -0.2) is 4.98 Å². The highest BCUT2D eigenvalue weighted by Crippen LogP contribution is 2.35. The molecule has 0 spiro atoms. The van der Waals surface area contributed by atoms with Gasteiger partial charge in [0.25, 0.3) is 0 Å². The van der Waals surface area contributed by atoms with Gasteiger partial charge in [-0.05, 0) is 32.0 Å². The van der Waals surface area contributed by atoms with E-state index >= 15 is 0 Å². The van der Waals surface area contributed by atoms with Gasteiger partial charge in [0, 0.05) is 10.6 Å². The van der Waals surface area contributed by atoms with E-state index in [2.05, 4.69) is 10.3 Å². The minimum Gasteiger partial charge on any atom is -0.379 e. The Balaban J connectivity index is 2.28. The molecule has 110 valence electrons. The average Bonchev–Trinajstić information content (AvgIpc) is 2.73. The Labute approximate surface area is 124 Å². The van der Waals surface area contributed by atoms with Gasteiger partial charge >= 0.3 is 6.18 Å². The number of nitrogens with zero attached hydrogens (tertiary/aromatic N) is 2. The minimum absolute atomic E-state index is 0.0199. The second-order valence-corrected chi connectivity index (χ2v) is 5.87. The Morgan fingerprint density at radius 2 is 2.05 bits per heavy atom. The van der Waals surface area contributed by atoms with Gasteiger partial charge in [0.1, 0.15) is 0 Å². The number of aromatic nitrogens is 1. The van der Waals surface area contributed by atoms with Gasteiger partial charge in [0.2, 0.25) is 0 Å². The van der Waals surface area contributed by atoms with E-state index in [-0.39, 0.29) is 17.8 Å². The number of anilines is 1. The molecule has 1 aromatic carbocycles. The van der Waals surface area contributed by atoms with Gasteiger partial charge in [-0.2, -0.15) is 18.4 Å². The summed E-state index contributed by atoms with van der Waals surface area (Å²) in [7, 11) is 0. The quantitative estimate of drug-likeness (QED) is 0.921. The molecule has 0 aliphatic heterocycles. The highest BCUT2D eigenvalue weighted by Gasteiger charge is 2.33. The summed E-state index contributed by atoms with van der Waals surface area (Å²) in [6, 6.07) is 5.19. The molecule has 2 aromatic rings. The molecule has 0 saturated heterocycles. The Bertz CT molecular complexity index is 698. The Hall–Kier alpha value is -2.07. The van der Waals surface area contributed by atoms with Crippen molar-refractivity contribution in [2.75, 3.05) is 5.32 Å². The van der Waals surface area contributed by atoms with Gasteiger partial charge in [0.15, 0.2) is 0 Å². The maximum absolute atomic E-state index is 13.0. The molecule has 0 atom stereocenters. The summed E-state index contributed by atoms with van der Waals surface area (Å²) in [6.07, 6.45) is -4.51. The third-order valence-corrected chi connectivity index (χ3v) is 3.83. The lowest BCUT2D eigenvalue weighted by molar-refractivity contribution is -0.137. The zero-order chi connectivity index (χ0) is 15.6. The molecule has 1 heterocycles. The van der Waals surface area contributed by atoms with Gasteiger partial charge in [-0.1, -0.05) is 0 Å². The number of aryl methyl sites for hydroxylation is 2. The highest BCUT2D eigenvalue weighted by atomic mass is 32.1. The van der Waals surface area contributed by atoms with Crippen molar-refractivity contribution in [2.45, 2.75) is 26.6 Å². The van der Waals surface area contributed by atoms with E-state index in [9.17, 15) is 13.2 Å². The molecule has 1 aromatic heterocycles. The van der Waals surface area contributed by atoms with Crippen molar-refractivity contribution in [3.8, 4) is 6.07 Å². The summed E-state index contributed by atoms with van der Waals surface area (Å²) < 4.78 is 39.0. The first kappa shape index (κ1) is 15.3. The van der Waals surface area contributed by atoms with Crippen LogP contribution in [0.2, 0.25) is 0 Å². The number of thiazole rings is 1. The van der Waals surface area contributed by atoms with Crippen molar-refractivity contribution in [3.63, 3.8) is 0 Å². The molecule has 3 nitrogen and oxygen atoms in total. The fourth-order valence-electron chi connectivity index (χ4n) is 1.92. The third-order valence-electron chi connectivity index (χ3n) is 2.90. The first-order chi connectivity index (χ1) is 9.81. The zero-order valence-corrected chi connectivity index (χ0v) is 12.2. The van der Waals surface area contributed by atoms with Crippen molar-refractivity contribution in [1.82, 2.24) is 4.98 Å². The topological polar surface area (TPSA) is 48.7 Å². The SMILES string of the molecule is Cc1nc(CNc2ccc(C#N)cc2C(F)(F)F)c(C)s1. The largest absolute Gasteiger partial charge is 0.418 e. The lowest BCUT2D eigenvalue weighted by Gasteiger charge is -2.14. The molecule has 0 amide bonds. The van der Waals surface area contributed by atoms with Crippen LogP contribution < -0.4 is 5.32 Å². The molecule has 0 fully saturated rings. The maximum Gasteiger partial charge on any atom is 0.418 e. The van der Waals surface area contributed by atoms with Gasteiger partial charge < -0.3 is 5.32 Å². The van der Waals surface area contributed by atoms with E-state index in [4.69, 9.17) is 5.26 Å². The number of nitrogens with one attached hydrogen (secondary N) is 1. The van der Waals surface area contributed by atoms with Crippen molar-refractivity contribution < 1.29 is 13.2 Å². The maximum atomic E-state index is 13.0. The predicted molar refractivity (Wildman–Crippen MR) is 75.1 cm³/mol. The van der Waals surface area contributed by atoms with Crippen LogP contribution in [0.4, 0.5) is 18.9 Å². The van der Waals surface area contributed by atoms with Crippen LogP contribution in [0, 0.1) is 25.2 Å². The average molecular weight is 311 g/mol. The molecule has 2 rings (SSSR count). The first-order valence-electron chi connectivity index (χ1n) is 6.09. The molecule has 0 radical (unpaired) electrons. The number of nitriles is 1. The van der Waals surface area contributed by atoms with Gasteiger partial charge in [-0.3, -0.25) is 0 Å². The number of alkyl halides is 3. The number of hydrogen-bond donors (Lipinski definition) is 1. The summed E-state index contributed by atoms with van der Waals surface area (Å²) in [5.41, 5.74) is -0.179. The summed E-state index contributed by atoms with van der Waals surface area (Å²) in [4.78, 5) is 5.25. The van der Waals surface area contributed by atoms with Gasteiger partial charge in [0.05, 0.1) is 34.4 Å². The lowest BCUT2D eigenvalue weighted by atomic mass is 10.1. The molecule has 0 unspecified atom stereocenters. The number of benzene rings is 1.